The topological polar surface area (TPSA) is 97.4 Å². The number of amides is 1. The molecular weight excluding hydrogens is 350 g/mol. The molecule has 1 atom stereocenters. The van der Waals surface area contributed by atoms with Crippen molar-refractivity contribution in [1.29, 1.82) is 0 Å². The van der Waals surface area contributed by atoms with Crippen molar-refractivity contribution in [3.05, 3.63) is 29.8 Å². The molecule has 3 rings (SSSR count). The molecule has 0 aromatic heterocycles. The number of hydrogen-bond acceptors (Lipinski definition) is 5. The predicted molar refractivity (Wildman–Crippen MR) is 90.4 cm³/mol. The molecule has 1 aromatic rings. The van der Waals surface area contributed by atoms with E-state index in [0.717, 1.165) is 25.7 Å². The highest BCUT2D eigenvalue weighted by molar-refractivity contribution is 7.96. The molecule has 1 saturated heterocycles. The molecule has 0 spiro atoms. The van der Waals surface area contributed by atoms with Crippen molar-refractivity contribution in [2.45, 2.75) is 48.3 Å². The zero-order chi connectivity index (χ0) is 17.4. The summed E-state index contributed by atoms with van der Waals surface area (Å²) in [5.41, 5.74) is 0.417. The Kier molecular flexibility index (Phi) is 4.70. The highest BCUT2D eigenvalue weighted by Gasteiger charge is 2.38. The Morgan fingerprint density at radius 2 is 1.67 bits per heavy atom. The minimum absolute atomic E-state index is 0.0713. The number of benzene rings is 1. The van der Waals surface area contributed by atoms with Gasteiger partial charge in [-0.05, 0) is 43.5 Å². The van der Waals surface area contributed by atoms with Crippen molar-refractivity contribution in [2.75, 3.05) is 11.5 Å². The van der Waals surface area contributed by atoms with Gasteiger partial charge >= 0.3 is 0 Å². The van der Waals surface area contributed by atoms with E-state index in [1.54, 1.807) is 0 Å². The third-order valence-corrected chi connectivity index (χ3v) is 8.95. The van der Waals surface area contributed by atoms with E-state index in [4.69, 9.17) is 0 Å². The van der Waals surface area contributed by atoms with Crippen LogP contribution in [-0.4, -0.2) is 45.5 Å². The second-order valence-electron chi connectivity index (χ2n) is 6.55. The van der Waals surface area contributed by atoms with E-state index in [1.807, 2.05) is 0 Å². The molecule has 6 nitrogen and oxygen atoms in total. The highest BCUT2D eigenvalue weighted by Crippen LogP contribution is 2.25. The number of carbonyl (C=O) groups is 1. The van der Waals surface area contributed by atoms with E-state index in [0.29, 0.717) is 5.56 Å². The van der Waals surface area contributed by atoms with Crippen LogP contribution in [0.25, 0.3) is 0 Å². The zero-order valence-corrected chi connectivity index (χ0v) is 14.9. The van der Waals surface area contributed by atoms with Crippen LogP contribution in [0.15, 0.2) is 29.2 Å². The molecule has 0 radical (unpaired) electrons. The second-order valence-corrected chi connectivity index (χ2v) is 11.0. The first-order valence-electron chi connectivity index (χ1n) is 8.13. The van der Waals surface area contributed by atoms with Gasteiger partial charge in [0, 0.05) is 11.6 Å². The van der Waals surface area contributed by atoms with Crippen molar-refractivity contribution < 1.29 is 21.6 Å². The average Bonchev–Trinajstić information content (AvgIpc) is 3.17. The van der Waals surface area contributed by atoms with Gasteiger partial charge in [0.1, 0.15) is 0 Å². The summed E-state index contributed by atoms with van der Waals surface area (Å²) in [6.07, 6.45) is 4.33. The normalized spacial score (nSPS) is 24.1. The molecule has 1 N–H and O–H groups in total. The highest BCUT2D eigenvalue weighted by atomic mass is 32.2. The molecular formula is C16H21NO5S2. The summed E-state index contributed by atoms with van der Waals surface area (Å²) in [5, 5.41) is 2.06. The summed E-state index contributed by atoms with van der Waals surface area (Å²) in [6.45, 7) is 0. The minimum atomic E-state index is -3.69. The average molecular weight is 371 g/mol. The maximum Gasteiger partial charge on any atom is 0.251 e. The summed E-state index contributed by atoms with van der Waals surface area (Å²) >= 11 is 0. The lowest BCUT2D eigenvalue weighted by molar-refractivity contribution is 0.0937. The number of carbonyl (C=O) groups excluding carboxylic acids is 1. The lowest BCUT2D eigenvalue weighted by atomic mass is 10.2. The van der Waals surface area contributed by atoms with Gasteiger partial charge in [0.2, 0.25) is 0 Å². The first-order chi connectivity index (χ1) is 11.3. The van der Waals surface area contributed by atoms with Crippen molar-refractivity contribution in [2.24, 2.45) is 0 Å². The van der Waals surface area contributed by atoms with Crippen molar-refractivity contribution in [1.82, 2.24) is 5.32 Å². The fraction of sp³-hybridized carbons (Fsp3) is 0.562. The van der Waals surface area contributed by atoms with E-state index in [-0.39, 0.29) is 34.8 Å². The van der Waals surface area contributed by atoms with Gasteiger partial charge in [-0.25, -0.2) is 16.8 Å². The number of nitrogens with one attached hydrogen (secondary N) is 1. The largest absolute Gasteiger partial charge is 0.349 e. The molecule has 2 aliphatic rings. The maximum atomic E-state index is 12.5. The van der Waals surface area contributed by atoms with Crippen molar-refractivity contribution >= 4 is 25.6 Å². The molecule has 1 aliphatic heterocycles. The van der Waals surface area contributed by atoms with Crippen molar-refractivity contribution in [3.8, 4) is 0 Å². The molecule has 0 bridgehead atoms. The molecule has 1 heterocycles. The monoisotopic (exact) mass is 371 g/mol. The van der Waals surface area contributed by atoms with Gasteiger partial charge < -0.3 is 5.32 Å². The van der Waals surface area contributed by atoms with Gasteiger partial charge in [0.25, 0.3) is 5.91 Å². The van der Waals surface area contributed by atoms with Crippen LogP contribution in [0, 0.1) is 0 Å². The molecule has 8 heteroatoms. The van der Waals surface area contributed by atoms with Crippen LogP contribution in [0.2, 0.25) is 0 Å². The first kappa shape index (κ1) is 17.4. The molecule has 2 fully saturated rings. The number of rotatable bonds is 4. The van der Waals surface area contributed by atoms with Crippen LogP contribution in [0.1, 0.15) is 42.5 Å². The molecule has 1 aliphatic carbocycles. The standard InChI is InChI=1S/C16H21NO5S2/c18-16(17-13-3-1-2-4-13)12-5-7-14(8-6-12)24(21,22)15-9-10-23(19,20)11-15/h5-8,13,15H,1-4,9-11H2,(H,17,18)/t15-/m1/s1. The molecule has 1 aromatic carbocycles. The van der Waals surface area contributed by atoms with Gasteiger partial charge in [-0.15, -0.1) is 0 Å². The Morgan fingerprint density at radius 3 is 2.21 bits per heavy atom. The van der Waals surface area contributed by atoms with Crippen molar-refractivity contribution in [3.63, 3.8) is 0 Å². The first-order valence-corrected chi connectivity index (χ1v) is 11.5. The maximum absolute atomic E-state index is 12.5. The van der Waals surface area contributed by atoms with Gasteiger partial charge in [0.15, 0.2) is 19.7 Å². The fourth-order valence-corrected chi connectivity index (χ4v) is 7.69. The van der Waals surface area contributed by atoms with E-state index in [2.05, 4.69) is 5.32 Å². The Hall–Kier alpha value is -1.41. The van der Waals surface area contributed by atoms with Crippen LogP contribution < -0.4 is 5.32 Å². The van der Waals surface area contributed by atoms with Crippen LogP contribution in [0.3, 0.4) is 0 Å². The SMILES string of the molecule is O=C(NC1CCCC1)c1ccc(S(=O)(=O)[C@@H]2CCS(=O)(=O)C2)cc1. The number of sulfone groups is 2. The van der Waals surface area contributed by atoms with Gasteiger partial charge in [-0.1, -0.05) is 12.8 Å². The van der Waals surface area contributed by atoms with Crippen LogP contribution >= 0.6 is 0 Å². The quantitative estimate of drug-likeness (QED) is 0.861. The van der Waals surface area contributed by atoms with E-state index < -0.39 is 24.9 Å². The van der Waals surface area contributed by atoms with E-state index in [1.165, 1.54) is 24.3 Å². The van der Waals surface area contributed by atoms with Crippen LogP contribution in [0.5, 0.6) is 0 Å². The van der Waals surface area contributed by atoms with Crippen LogP contribution in [0.4, 0.5) is 0 Å². The number of hydrogen-bond donors (Lipinski definition) is 1. The second kappa shape index (κ2) is 6.48. The molecule has 132 valence electrons. The summed E-state index contributed by atoms with van der Waals surface area (Å²) in [6, 6.07) is 5.96. The Bertz CT molecular complexity index is 822. The van der Waals surface area contributed by atoms with Gasteiger partial charge in [-0.2, -0.15) is 0 Å². The Morgan fingerprint density at radius 1 is 1.04 bits per heavy atom. The predicted octanol–water partition coefficient (Wildman–Crippen LogP) is 1.32. The smallest absolute Gasteiger partial charge is 0.251 e. The lowest BCUT2D eigenvalue weighted by Gasteiger charge is -2.13. The summed E-state index contributed by atoms with van der Waals surface area (Å²) < 4.78 is 48.1. The minimum Gasteiger partial charge on any atom is -0.349 e. The third kappa shape index (κ3) is 3.64. The molecule has 1 saturated carbocycles. The van der Waals surface area contributed by atoms with E-state index in [9.17, 15) is 21.6 Å². The molecule has 24 heavy (non-hydrogen) atoms. The zero-order valence-electron chi connectivity index (χ0n) is 13.3. The Labute approximate surface area is 142 Å². The van der Waals surface area contributed by atoms with Gasteiger partial charge in [0.05, 0.1) is 21.7 Å². The molecule has 1 amide bonds. The third-order valence-electron chi connectivity index (χ3n) is 4.76. The summed E-state index contributed by atoms with van der Waals surface area (Å²) in [5.74, 6) is -0.604. The Balaban J connectivity index is 1.73. The summed E-state index contributed by atoms with van der Waals surface area (Å²) in [7, 11) is -6.95. The molecule has 0 unspecified atom stereocenters. The lowest BCUT2D eigenvalue weighted by Crippen LogP contribution is -2.32. The fourth-order valence-electron chi connectivity index (χ4n) is 3.33. The van der Waals surface area contributed by atoms with Crippen LogP contribution in [-0.2, 0) is 19.7 Å². The van der Waals surface area contributed by atoms with Gasteiger partial charge in [-0.3, -0.25) is 4.79 Å². The van der Waals surface area contributed by atoms with E-state index >= 15 is 0 Å². The summed E-state index contributed by atoms with van der Waals surface area (Å²) in [4.78, 5) is 12.2.